The first-order valence-corrected chi connectivity index (χ1v) is 12.5. The highest BCUT2D eigenvalue weighted by Gasteiger charge is 2.44. The molecule has 164 valence electrons. The second-order valence-corrected chi connectivity index (χ2v) is 10.6. The number of ether oxygens (including phenoxy) is 1. The van der Waals surface area contributed by atoms with Crippen molar-refractivity contribution in [3.63, 3.8) is 0 Å². The summed E-state index contributed by atoms with van der Waals surface area (Å²) in [5.74, 6) is -0.300. The first-order chi connectivity index (χ1) is 14.9. The van der Waals surface area contributed by atoms with E-state index >= 15 is 0 Å². The predicted molar refractivity (Wildman–Crippen MR) is 121 cm³/mol. The summed E-state index contributed by atoms with van der Waals surface area (Å²) >= 11 is 1.28. The molecule has 0 aromatic heterocycles. The molecule has 0 aliphatic carbocycles. The topological polar surface area (TPSA) is 88.1 Å². The number of hydrogen-bond donors (Lipinski definition) is 1. The number of aliphatic imine (C=N–C) groups is 1. The van der Waals surface area contributed by atoms with E-state index in [4.69, 9.17) is 4.74 Å². The summed E-state index contributed by atoms with van der Waals surface area (Å²) < 4.78 is 43.9. The van der Waals surface area contributed by atoms with Gasteiger partial charge in [0.15, 0.2) is 15.0 Å². The molecule has 0 radical (unpaired) electrons. The van der Waals surface area contributed by atoms with E-state index < -0.39 is 15.7 Å². The minimum Gasteiger partial charge on any atom is -0.492 e. The van der Waals surface area contributed by atoms with Gasteiger partial charge in [0, 0.05) is 5.25 Å². The standard InChI is InChI=1S/C21H22FN3O4S2/c1-2-29-18-10-6-4-8-15(18)23-20(26)11-25(17-9-5-3-7-14(17)22)21-24-16-12-31(27,28)13-19(16)30-21/h3-10,16,19H,2,11-13H2,1H3,(H,23,26)/t16-,19-/m0/s1. The minimum absolute atomic E-state index is 0.0206. The van der Waals surface area contributed by atoms with E-state index in [1.54, 1.807) is 36.4 Å². The lowest BCUT2D eigenvalue weighted by Crippen LogP contribution is -2.37. The van der Waals surface area contributed by atoms with Crippen molar-refractivity contribution < 1.29 is 22.3 Å². The van der Waals surface area contributed by atoms with Crippen molar-refractivity contribution in [3.8, 4) is 5.75 Å². The first kappa shape index (κ1) is 21.6. The second kappa shape index (κ2) is 8.88. The lowest BCUT2D eigenvalue weighted by Gasteiger charge is -2.24. The van der Waals surface area contributed by atoms with Gasteiger partial charge in [-0.1, -0.05) is 36.0 Å². The van der Waals surface area contributed by atoms with Crippen molar-refractivity contribution in [3.05, 3.63) is 54.3 Å². The van der Waals surface area contributed by atoms with Gasteiger partial charge in [-0.3, -0.25) is 9.79 Å². The number of amides is 1. The lowest BCUT2D eigenvalue weighted by molar-refractivity contribution is -0.114. The SMILES string of the molecule is CCOc1ccccc1NC(=O)CN(C1=N[C@H]2CS(=O)(=O)C[C@@H]2S1)c1ccccc1F. The molecule has 1 N–H and O–H groups in total. The summed E-state index contributed by atoms with van der Waals surface area (Å²) in [5.41, 5.74) is 0.733. The monoisotopic (exact) mass is 463 g/mol. The normalized spacial score (nSPS) is 21.3. The largest absolute Gasteiger partial charge is 0.492 e. The van der Waals surface area contributed by atoms with Gasteiger partial charge in [0.2, 0.25) is 5.91 Å². The summed E-state index contributed by atoms with van der Waals surface area (Å²) in [6.45, 7) is 2.12. The molecule has 0 saturated carbocycles. The Balaban J connectivity index is 1.58. The summed E-state index contributed by atoms with van der Waals surface area (Å²) in [7, 11) is -3.12. The van der Waals surface area contributed by atoms with Crippen molar-refractivity contribution in [1.29, 1.82) is 0 Å². The highest BCUT2D eigenvalue weighted by atomic mass is 32.2. The Kier molecular flexibility index (Phi) is 6.19. The molecular weight excluding hydrogens is 441 g/mol. The molecule has 1 fully saturated rings. The molecule has 2 aromatic rings. The summed E-state index contributed by atoms with van der Waals surface area (Å²) in [4.78, 5) is 18.9. The summed E-state index contributed by atoms with van der Waals surface area (Å²) in [6.07, 6.45) is 0. The number of amidine groups is 1. The summed E-state index contributed by atoms with van der Waals surface area (Å²) in [5, 5.41) is 3.05. The maximum atomic E-state index is 14.6. The van der Waals surface area contributed by atoms with Gasteiger partial charge in [0.05, 0.1) is 35.5 Å². The van der Waals surface area contributed by atoms with Crippen LogP contribution in [0.25, 0.3) is 0 Å². The van der Waals surface area contributed by atoms with Gasteiger partial charge in [0.25, 0.3) is 0 Å². The third-order valence-corrected chi connectivity index (χ3v) is 8.19. The predicted octanol–water partition coefficient (Wildman–Crippen LogP) is 2.94. The number of sulfone groups is 1. The van der Waals surface area contributed by atoms with Crippen LogP contribution in [0.4, 0.5) is 15.8 Å². The second-order valence-electron chi connectivity index (χ2n) is 7.23. The third-order valence-electron chi connectivity index (χ3n) is 4.94. The van der Waals surface area contributed by atoms with Crippen LogP contribution in [0, 0.1) is 5.82 Å². The Bertz CT molecular complexity index is 1120. The first-order valence-electron chi connectivity index (χ1n) is 9.85. The number of halogens is 1. The van der Waals surface area contributed by atoms with E-state index in [1.165, 1.54) is 22.7 Å². The number of thioether (sulfide) groups is 1. The Morgan fingerprint density at radius 2 is 1.97 bits per heavy atom. The van der Waals surface area contributed by atoms with Gasteiger partial charge in [-0.15, -0.1) is 0 Å². The number of nitrogens with one attached hydrogen (secondary N) is 1. The van der Waals surface area contributed by atoms with Crippen molar-refractivity contribution in [2.75, 3.05) is 34.9 Å². The van der Waals surface area contributed by atoms with Crippen molar-refractivity contribution in [2.45, 2.75) is 18.2 Å². The molecule has 4 rings (SSSR count). The van der Waals surface area contributed by atoms with Crippen LogP contribution in [0.5, 0.6) is 5.75 Å². The fourth-order valence-electron chi connectivity index (χ4n) is 3.58. The van der Waals surface area contributed by atoms with Crippen LogP contribution in [0.2, 0.25) is 0 Å². The van der Waals surface area contributed by atoms with E-state index in [9.17, 15) is 17.6 Å². The third kappa shape index (κ3) is 4.85. The molecule has 2 atom stereocenters. The van der Waals surface area contributed by atoms with Gasteiger partial charge in [-0.05, 0) is 31.2 Å². The number of nitrogens with zero attached hydrogens (tertiary/aromatic N) is 2. The molecule has 2 aromatic carbocycles. The van der Waals surface area contributed by atoms with Crippen LogP contribution in [0.3, 0.4) is 0 Å². The van der Waals surface area contributed by atoms with E-state index in [-0.39, 0.29) is 40.9 Å². The maximum absolute atomic E-state index is 14.6. The molecule has 2 aliphatic rings. The van der Waals surface area contributed by atoms with Crippen LogP contribution in [0.15, 0.2) is 53.5 Å². The van der Waals surface area contributed by atoms with Gasteiger partial charge in [-0.2, -0.15) is 0 Å². The lowest BCUT2D eigenvalue weighted by atomic mass is 10.2. The molecule has 7 nitrogen and oxygen atoms in total. The number of anilines is 2. The Morgan fingerprint density at radius 3 is 2.71 bits per heavy atom. The van der Waals surface area contributed by atoms with Crippen LogP contribution in [0.1, 0.15) is 6.92 Å². The van der Waals surface area contributed by atoms with E-state index in [0.29, 0.717) is 23.2 Å². The molecule has 1 amide bonds. The van der Waals surface area contributed by atoms with Crippen LogP contribution in [-0.4, -0.2) is 55.4 Å². The smallest absolute Gasteiger partial charge is 0.244 e. The van der Waals surface area contributed by atoms with Crippen molar-refractivity contribution in [1.82, 2.24) is 0 Å². The number of rotatable bonds is 6. The molecule has 0 spiro atoms. The average molecular weight is 464 g/mol. The highest BCUT2D eigenvalue weighted by molar-refractivity contribution is 8.15. The van der Waals surface area contributed by atoms with Crippen molar-refractivity contribution in [2.24, 2.45) is 4.99 Å². The Morgan fingerprint density at radius 1 is 1.23 bits per heavy atom. The molecule has 2 aliphatic heterocycles. The number of hydrogen-bond acceptors (Lipinski definition) is 7. The molecular formula is C21H22FN3O4S2. The zero-order valence-corrected chi connectivity index (χ0v) is 18.5. The van der Waals surface area contributed by atoms with Gasteiger partial charge < -0.3 is 15.0 Å². The molecule has 2 heterocycles. The number of fused-ring (bicyclic) bond motifs is 1. The molecule has 0 bridgehead atoms. The number of carbonyl (C=O) groups excluding carboxylic acids is 1. The molecule has 10 heteroatoms. The maximum Gasteiger partial charge on any atom is 0.244 e. The Labute approximate surface area is 184 Å². The Hall–Kier alpha value is -2.59. The quantitative estimate of drug-likeness (QED) is 0.709. The van der Waals surface area contributed by atoms with Gasteiger partial charge in [0.1, 0.15) is 18.1 Å². The molecule has 0 unspecified atom stereocenters. The van der Waals surface area contributed by atoms with Gasteiger partial charge >= 0.3 is 0 Å². The number of carbonyl (C=O) groups is 1. The zero-order chi connectivity index (χ0) is 22.0. The van der Waals surface area contributed by atoms with E-state index in [1.807, 2.05) is 13.0 Å². The van der Waals surface area contributed by atoms with Crippen LogP contribution < -0.4 is 15.0 Å². The van der Waals surface area contributed by atoms with E-state index in [2.05, 4.69) is 10.3 Å². The fraction of sp³-hybridized carbons (Fsp3) is 0.333. The van der Waals surface area contributed by atoms with Crippen molar-refractivity contribution >= 4 is 44.0 Å². The summed E-state index contributed by atoms with van der Waals surface area (Å²) in [6, 6.07) is 12.8. The van der Waals surface area contributed by atoms with Crippen LogP contribution in [-0.2, 0) is 14.6 Å². The molecule has 31 heavy (non-hydrogen) atoms. The zero-order valence-electron chi connectivity index (χ0n) is 16.8. The number of benzene rings is 2. The highest BCUT2D eigenvalue weighted by Crippen LogP contribution is 2.37. The molecule has 1 saturated heterocycles. The minimum atomic E-state index is -3.12. The fourth-order valence-corrected chi connectivity index (χ4v) is 7.36. The van der Waals surface area contributed by atoms with Crippen LogP contribution >= 0.6 is 11.8 Å². The average Bonchev–Trinajstić information content (AvgIpc) is 3.22. The van der Waals surface area contributed by atoms with Gasteiger partial charge in [-0.25, -0.2) is 12.8 Å². The van der Waals surface area contributed by atoms with E-state index in [0.717, 1.165) is 0 Å². The number of para-hydroxylation sites is 3.